The van der Waals surface area contributed by atoms with Crippen molar-refractivity contribution in [3.63, 3.8) is 0 Å². The zero-order chi connectivity index (χ0) is 12.3. The van der Waals surface area contributed by atoms with Crippen LogP contribution in [0.3, 0.4) is 0 Å². The van der Waals surface area contributed by atoms with E-state index >= 15 is 0 Å². The Morgan fingerprint density at radius 3 is 2.88 bits per heavy atom. The zero-order valence-electron chi connectivity index (χ0n) is 9.73. The van der Waals surface area contributed by atoms with Crippen LogP contribution in [0.15, 0.2) is 35.1 Å². The van der Waals surface area contributed by atoms with Crippen LogP contribution in [0, 0.1) is 0 Å². The summed E-state index contributed by atoms with van der Waals surface area (Å²) in [5.74, 6) is 0.720. The van der Waals surface area contributed by atoms with Crippen molar-refractivity contribution in [3.8, 4) is 11.3 Å². The molecule has 0 bridgehead atoms. The van der Waals surface area contributed by atoms with E-state index in [1.807, 2.05) is 31.2 Å². The molecule has 17 heavy (non-hydrogen) atoms. The predicted octanol–water partition coefficient (Wildman–Crippen LogP) is 1.97. The summed E-state index contributed by atoms with van der Waals surface area (Å²) in [5.41, 5.74) is 7.80. The van der Waals surface area contributed by atoms with E-state index in [1.165, 1.54) is 6.07 Å². The molecular weight excluding hydrogens is 214 g/mol. The molecule has 0 aliphatic heterocycles. The Morgan fingerprint density at radius 2 is 2.18 bits per heavy atom. The van der Waals surface area contributed by atoms with Crippen LogP contribution in [0.2, 0.25) is 0 Å². The fourth-order valence-corrected chi connectivity index (χ4v) is 1.71. The summed E-state index contributed by atoms with van der Waals surface area (Å²) < 4.78 is 0. The van der Waals surface area contributed by atoms with Crippen LogP contribution >= 0.6 is 0 Å². The van der Waals surface area contributed by atoms with Crippen LogP contribution in [0.25, 0.3) is 11.3 Å². The number of hydrogen-bond donors (Lipinski definition) is 2. The Balaban J connectivity index is 2.48. The number of anilines is 1. The minimum absolute atomic E-state index is 0.124. The van der Waals surface area contributed by atoms with E-state index in [2.05, 4.69) is 9.97 Å². The maximum absolute atomic E-state index is 11.5. The van der Waals surface area contributed by atoms with Crippen molar-refractivity contribution in [3.05, 3.63) is 46.5 Å². The molecule has 0 spiro atoms. The van der Waals surface area contributed by atoms with Crippen LogP contribution in [-0.4, -0.2) is 9.97 Å². The average molecular weight is 229 g/mol. The maximum Gasteiger partial charge on any atom is 0.251 e. The number of nitrogens with zero attached hydrogens (tertiary/aromatic N) is 1. The van der Waals surface area contributed by atoms with Gasteiger partial charge in [0.1, 0.15) is 5.82 Å². The number of nitrogens with one attached hydrogen (secondary N) is 1. The first-order valence-corrected chi connectivity index (χ1v) is 5.65. The van der Waals surface area contributed by atoms with Crippen LogP contribution in [0.4, 0.5) is 5.69 Å². The molecule has 1 aromatic heterocycles. The second-order valence-corrected chi connectivity index (χ2v) is 3.95. The maximum atomic E-state index is 11.5. The highest BCUT2D eigenvalue weighted by atomic mass is 16.1. The lowest BCUT2D eigenvalue weighted by atomic mass is 10.1. The summed E-state index contributed by atoms with van der Waals surface area (Å²) in [6, 6.07) is 8.87. The molecule has 2 rings (SSSR count). The molecule has 0 radical (unpaired) electrons. The van der Waals surface area contributed by atoms with Gasteiger partial charge in [-0.25, -0.2) is 4.98 Å². The summed E-state index contributed by atoms with van der Waals surface area (Å²) in [7, 11) is 0. The summed E-state index contributed by atoms with van der Waals surface area (Å²) >= 11 is 0. The van der Waals surface area contributed by atoms with Crippen LogP contribution in [0.1, 0.15) is 19.2 Å². The lowest BCUT2D eigenvalue weighted by Gasteiger charge is -2.04. The predicted molar refractivity (Wildman–Crippen MR) is 68.7 cm³/mol. The smallest absolute Gasteiger partial charge is 0.251 e. The topological polar surface area (TPSA) is 71.8 Å². The number of hydrogen-bond acceptors (Lipinski definition) is 3. The van der Waals surface area contributed by atoms with E-state index in [0.29, 0.717) is 11.4 Å². The van der Waals surface area contributed by atoms with Gasteiger partial charge in [-0.15, -0.1) is 0 Å². The lowest BCUT2D eigenvalue weighted by Crippen LogP contribution is -2.11. The molecule has 0 amide bonds. The molecule has 4 nitrogen and oxygen atoms in total. The first kappa shape index (κ1) is 11.4. The molecule has 88 valence electrons. The third-order valence-corrected chi connectivity index (χ3v) is 2.46. The summed E-state index contributed by atoms with van der Waals surface area (Å²) in [6.45, 7) is 2.05. The van der Waals surface area contributed by atoms with E-state index in [4.69, 9.17) is 5.73 Å². The van der Waals surface area contributed by atoms with Crippen LogP contribution in [0.5, 0.6) is 0 Å². The lowest BCUT2D eigenvalue weighted by molar-refractivity contribution is 0.828. The van der Waals surface area contributed by atoms with Gasteiger partial charge in [0.15, 0.2) is 0 Å². The molecule has 0 aliphatic rings. The van der Waals surface area contributed by atoms with Gasteiger partial charge >= 0.3 is 0 Å². The average Bonchev–Trinajstić information content (AvgIpc) is 2.28. The van der Waals surface area contributed by atoms with Crippen molar-refractivity contribution in [2.45, 2.75) is 19.8 Å². The zero-order valence-corrected chi connectivity index (χ0v) is 9.73. The van der Waals surface area contributed by atoms with E-state index in [1.54, 1.807) is 0 Å². The quantitative estimate of drug-likeness (QED) is 0.790. The number of nitrogen functional groups attached to an aromatic ring is 1. The molecular formula is C13H15N3O. The number of rotatable bonds is 3. The summed E-state index contributed by atoms with van der Waals surface area (Å²) in [4.78, 5) is 18.7. The molecule has 4 heteroatoms. The highest BCUT2D eigenvalue weighted by molar-refractivity contribution is 5.63. The van der Waals surface area contributed by atoms with Crippen molar-refractivity contribution in [1.29, 1.82) is 0 Å². The number of H-pyrrole nitrogens is 1. The second-order valence-electron chi connectivity index (χ2n) is 3.95. The number of nitrogens with two attached hydrogens (primary N) is 1. The van der Waals surface area contributed by atoms with E-state index in [9.17, 15) is 4.79 Å². The molecule has 0 atom stereocenters. The number of aromatic nitrogens is 2. The molecule has 3 N–H and O–H groups in total. The third-order valence-electron chi connectivity index (χ3n) is 2.46. The summed E-state index contributed by atoms with van der Waals surface area (Å²) in [6.07, 6.45) is 1.72. The molecule has 0 fully saturated rings. The Morgan fingerprint density at radius 1 is 1.35 bits per heavy atom. The minimum atomic E-state index is -0.124. The monoisotopic (exact) mass is 229 g/mol. The van der Waals surface area contributed by atoms with E-state index < -0.39 is 0 Å². The van der Waals surface area contributed by atoms with Crippen molar-refractivity contribution in [1.82, 2.24) is 9.97 Å². The van der Waals surface area contributed by atoms with Crippen molar-refractivity contribution in [2.24, 2.45) is 0 Å². The molecule has 0 unspecified atom stereocenters. The highest BCUT2D eigenvalue weighted by Gasteiger charge is 2.03. The van der Waals surface area contributed by atoms with Gasteiger partial charge in [-0.2, -0.15) is 0 Å². The first-order valence-electron chi connectivity index (χ1n) is 5.65. The molecule has 0 aliphatic carbocycles. The van der Waals surface area contributed by atoms with Crippen LogP contribution in [-0.2, 0) is 6.42 Å². The molecule has 0 saturated carbocycles. The van der Waals surface area contributed by atoms with E-state index in [0.717, 1.165) is 24.2 Å². The number of benzene rings is 1. The number of aromatic amines is 1. The molecule has 1 aromatic carbocycles. The van der Waals surface area contributed by atoms with Crippen molar-refractivity contribution in [2.75, 3.05) is 5.73 Å². The Hall–Kier alpha value is -2.10. The Kier molecular flexibility index (Phi) is 3.23. The largest absolute Gasteiger partial charge is 0.399 e. The first-order chi connectivity index (χ1) is 8.19. The third kappa shape index (κ3) is 2.72. The second kappa shape index (κ2) is 4.82. The summed E-state index contributed by atoms with van der Waals surface area (Å²) in [5, 5.41) is 0. The van der Waals surface area contributed by atoms with Gasteiger partial charge in [0, 0.05) is 23.7 Å². The Labute approximate surface area is 99.5 Å². The van der Waals surface area contributed by atoms with Gasteiger partial charge in [0.25, 0.3) is 5.56 Å². The Bertz CT molecular complexity index is 575. The van der Waals surface area contributed by atoms with Crippen molar-refractivity contribution >= 4 is 5.69 Å². The molecule has 0 saturated heterocycles. The van der Waals surface area contributed by atoms with Crippen LogP contribution < -0.4 is 11.3 Å². The SMILES string of the molecule is CCCc1nc(-c2cccc(N)c2)cc(=O)[nH]1. The van der Waals surface area contributed by atoms with Gasteiger partial charge in [-0.1, -0.05) is 19.1 Å². The molecule has 1 heterocycles. The van der Waals surface area contributed by atoms with Gasteiger partial charge in [0.05, 0.1) is 5.69 Å². The van der Waals surface area contributed by atoms with Crippen molar-refractivity contribution < 1.29 is 0 Å². The number of aryl methyl sites for hydroxylation is 1. The van der Waals surface area contributed by atoms with Gasteiger partial charge in [-0.3, -0.25) is 4.79 Å². The normalized spacial score (nSPS) is 10.4. The van der Waals surface area contributed by atoms with Gasteiger partial charge < -0.3 is 10.7 Å². The molecule has 2 aromatic rings. The standard InChI is InChI=1S/C13H15N3O/c1-2-4-12-15-11(8-13(17)16-12)9-5-3-6-10(14)7-9/h3,5-8H,2,4,14H2,1H3,(H,15,16,17). The van der Waals surface area contributed by atoms with Gasteiger partial charge in [0.2, 0.25) is 0 Å². The highest BCUT2D eigenvalue weighted by Crippen LogP contribution is 2.18. The fourth-order valence-electron chi connectivity index (χ4n) is 1.71. The van der Waals surface area contributed by atoms with Gasteiger partial charge in [-0.05, 0) is 18.6 Å². The van der Waals surface area contributed by atoms with E-state index in [-0.39, 0.29) is 5.56 Å². The minimum Gasteiger partial charge on any atom is -0.399 e. The fraction of sp³-hybridized carbons (Fsp3) is 0.231.